The molecular formula is C10H14N2O5S2. The van der Waals surface area contributed by atoms with Crippen molar-refractivity contribution < 1.29 is 14.9 Å². The molecule has 0 radical (unpaired) electrons. The highest BCUT2D eigenvalue weighted by atomic mass is 33.1. The normalized spacial score (nSPS) is 30.7. The summed E-state index contributed by atoms with van der Waals surface area (Å²) in [6, 6.07) is 1.21. The smallest absolute Gasteiger partial charge is 0.330 e. The molecule has 0 amide bonds. The van der Waals surface area contributed by atoms with Gasteiger partial charge in [0.2, 0.25) is 0 Å². The van der Waals surface area contributed by atoms with E-state index in [1.165, 1.54) is 38.4 Å². The van der Waals surface area contributed by atoms with Crippen LogP contribution in [0.3, 0.4) is 0 Å². The van der Waals surface area contributed by atoms with Gasteiger partial charge in [0, 0.05) is 12.3 Å². The summed E-state index contributed by atoms with van der Waals surface area (Å²) >= 11 is 0. The third kappa shape index (κ3) is 2.90. The molecule has 0 saturated carbocycles. The van der Waals surface area contributed by atoms with Gasteiger partial charge in [0.15, 0.2) is 6.23 Å². The van der Waals surface area contributed by atoms with Crippen molar-refractivity contribution in [3.63, 3.8) is 0 Å². The van der Waals surface area contributed by atoms with E-state index in [-0.39, 0.29) is 6.61 Å². The molecular weight excluding hydrogens is 292 g/mol. The van der Waals surface area contributed by atoms with Crippen molar-refractivity contribution in [1.29, 1.82) is 0 Å². The predicted octanol–water partition coefficient (Wildman–Crippen LogP) is -0.833. The first-order chi connectivity index (χ1) is 9.08. The number of H-pyrrole nitrogens is 1. The molecule has 19 heavy (non-hydrogen) atoms. The summed E-state index contributed by atoms with van der Waals surface area (Å²) in [6.45, 7) is -0.332. The van der Waals surface area contributed by atoms with E-state index in [0.29, 0.717) is 0 Å². The Morgan fingerprint density at radius 2 is 2.26 bits per heavy atom. The van der Waals surface area contributed by atoms with Crippen LogP contribution in [0, 0.1) is 0 Å². The summed E-state index contributed by atoms with van der Waals surface area (Å²) in [5.41, 5.74) is -1.09. The summed E-state index contributed by atoms with van der Waals surface area (Å²) in [7, 11) is 2.79. The van der Waals surface area contributed by atoms with E-state index in [1.54, 1.807) is 0 Å². The van der Waals surface area contributed by atoms with Crippen molar-refractivity contribution in [1.82, 2.24) is 9.55 Å². The van der Waals surface area contributed by atoms with E-state index < -0.39 is 34.9 Å². The zero-order valence-corrected chi connectivity index (χ0v) is 11.7. The molecule has 0 bridgehead atoms. The Morgan fingerprint density at radius 1 is 1.53 bits per heavy atom. The van der Waals surface area contributed by atoms with Gasteiger partial charge in [0.05, 0.1) is 18.0 Å². The number of hydrogen-bond acceptors (Lipinski definition) is 7. The predicted molar refractivity (Wildman–Crippen MR) is 73.2 cm³/mol. The van der Waals surface area contributed by atoms with Crippen molar-refractivity contribution in [2.24, 2.45) is 0 Å². The molecule has 2 rings (SSSR count). The minimum absolute atomic E-state index is 0.332. The van der Waals surface area contributed by atoms with Crippen LogP contribution in [0.25, 0.3) is 0 Å². The Bertz CT molecular complexity index is 545. The standard InChI is InChI=1S/C10H14N2O5S2/c1-18-19-8-7(15)5(4-13)17-9(8)12-3-2-6(14)11-10(12)16/h2-3,5,7-9,13,15H,4H2,1H3,(H,11,14,16)/t5-,7?,8+,9-/m1/s1. The Labute approximate surface area is 116 Å². The van der Waals surface area contributed by atoms with E-state index in [9.17, 15) is 14.7 Å². The number of aliphatic hydroxyl groups excluding tert-OH is 2. The summed E-state index contributed by atoms with van der Waals surface area (Å²) < 4.78 is 6.72. The minimum Gasteiger partial charge on any atom is -0.394 e. The number of aromatic amines is 1. The van der Waals surface area contributed by atoms with Gasteiger partial charge in [0.25, 0.3) is 5.56 Å². The summed E-state index contributed by atoms with van der Waals surface area (Å²) in [4.78, 5) is 24.9. The average Bonchev–Trinajstić information content (AvgIpc) is 2.68. The number of hydrogen-bond donors (Lipinski definition) is 3. The first-order valence-corrected chi connectivity index (χ1v) is 8.16. The van der Waals surface area contributed by atoms with Crippen molar-refractivity contribution in [3.05, 3.63) is 33.1 Å². The third-order valence-electron chi connectivity index (χ3n) is 2.83. The summed E-state index contributed by atoms with van der Waals surface area (Å²) in [5, 5.41) is 18.8. The SMILES string of the molecule is CSS[C@H]1C(O)[C@@H](CO)O[C@H]1n1ccc(=O)[nH]c1=O. The Kier molecular flexibility index (Phi) is 4.74. The fraction of sp³-hybridized carbons (Fsp3) is 0.600. The molecule has 1 aliphatic rings. The second kappa shape index (κ2) is 6.14. The Balaban J connectivity index is 2.36. The fourth-order valence-corrected chi connectivity index (χ4v) is 4.03. The van der Waals surface area contributed by atoms with Gasteiger partial charge in [-0.25, -0.2) is 4.79 Å². The number of aromatic nitrogens is 2. The van der Waals surface area contributed by atoms with Gasteiger partial charge in [-0.1, -0.05) is 21.6 Å². The quantitative estimate of drug-likeness (QED) is 0.623. The van der Waals surface area contributed by atoms with Crippen LogP contribution >= 0.6 is 21.6 Å². The first-order valence-electron chi connectivity index (χ1n) is 5.53. The molecule has 9 heteroatoms. The van der Waals surface area contributed by atoms with Gasteiger partial charge in [-0.2, -0.15) is 0 Å². The number of aliphatic hydroxyl groups is 2. The van der Waals surface area contributed by atoms with E-state index in [2.05, 4.69) is 4.98 Å². The van der Waals surface area contributed by atoms with Gasteiger partial charge in [0.1, 0.15) is 6.10 Å². The molecule has 1 saturated heterocycles. The second-order valence-electron chi connectivity index (χ2n) is 3.98. The molecule has 0 aliphatic carbocycles. The zero-order chi connectivity index (χ0) is 14.0. The fourth-order valence-electron chi connectivity index (χ4n) is 1.94. The van der Waals surface area contributed by atoms with E-state index in [0.717, 1.165) is 0 Å². The molecule has 4 atom stereocenters. The Morgan fingerprint density at radius 3 is 2.84 bits per heavy atom. The van der Waals surface area contributed by atoms with Gasteiger partial charge in [-0.15, -0.1) is 0 Å². The van der Waals surface area contributed by atoms with Crippen molar-refractivity contribution >= 4 is 21.6 Å². The van der Waals surface area contributed by atoms with Crippen LogP contribution < -0.4 is 11.2 Å². The number of ether oxygens (including phenoxy) is 1. The molecule has 3 N–H and O–H groups in total. The molecule has 106 valence electrons. The highest BCUT2D eigenvalue weighted by Crippen LogP contribution is 2.41. The first kappa shape index (κ1) is 14.7. The number of rotatable bonds is 4. The highest BCUT2D eigenvalue weighted by Gasteiger charge is 2.45. The van der Waals surface area contributed by atoms with Crippen LogP contribution in [-0.4, -0.2) is 50.1 Å². The maximum Gasteiger partial charge on any atom is 0.330 e. The van der Waals surface area contributed by atoms with Crippen LogP contribution in [0.15, 0.2) is 21.9 Å². The number of nitrogens with one attached hydrogen (secondary N) is 1. The molecule has 1 fully saturated rings. The average molecular weight is 306 g/mol. The van der Waals surface area contributed by atoms with Crippen LogP contribution in [0.5, 0.6) is 0 Å². The molecule has 0 aromatic carbocycles. The van der Waals surface area contributed by atoms with Gasteiger partial charge in [-0.3, -0.25) is 14.3 Å². The summed E-state index contributed by atoms with van der Waals surface area (Å²) in [5.74, 6) is 0. The lowest BCUT2D eigenvalue weighted by Gasteiger charge is -2.19. The molecule has 7 nitrogen and oxygen atoms in total. The highest BCUT2D eigenvalue weighted by molar-refractivity contribution is 8.76. The van der Waals surface area contributed by atoms with Gasteiger partial charge in [-0.05, 0) is 6.26 Å². The largest absolute Gasteiger partial charge is 0.394 e. The maximum absolute atomic E-state index is 11.7. The van der Waals surface area contributed by atoms with Crippen LogP contribution in [0.2, 0.25) is 0 Å². The van der Waals surface area contributed by atoms with Crippen molar-refractivity contribution in [2.45, 2.75) is 23.7 Å². The maximum atomic E-state index is 11.7. The Hall–Kier alpha value is -0.740. The molecule has 1 aromatic heterocycles. The second-order valence-corrected chi connectivity index (χ2v) is 6.63. The minimum atomic E-state index is -0.883. The van der Waals surface area contributed by atoms with E-state index in [1.807, 2.05) is 6.26 Å². The van der Waals surface area contributed by atoms with Crippen LogP contribution in [0.4, 0.5) is 0 Å². The number of nitrogens with zero attached hydrogens (tertiary/aromatic N) is 1. The molecule has 1 aromatic rings. The van der Waals surface area contributed by atoms with Crippen molar-refractivity contribution in [3.8, 4) is 0 Å². The van der Waals surface area contributed by atoms with Gasteiger partial charge >= 0.3 is 5.69 Å². The van der Waals surface area contributed by atoms with E-state index in [4.69, 9.17) is 9.84 Å². The molecule has 0 spiro atoms. The van der Waals surface area contributed by atoms with Crippen molar-refractivity contribution in [2.75, 3.05) is 12.9 Å². The lowest BCUT2D eigenvalue weighted by molar-refractivity contribution is -0.0457. The molecule has 1 aliphatic heterocycles. The monoisotopic (exact) mass is 306 g/mol. The van der Waals surface area contributed by atoms with Crippen LogP contribution in [0.1, 0.15) is 6.23 Å². The van der Waals surface area contributed by atoms with E-state index >= 15 is 0 Å². The van der Waals surface area contributed by atoms with Crippen LogP contribution in [-0.2, 0) is 4.74 Å². The molecule has 1 unspecified atom stereocenters. The topological polar surface area (TPSA) is 105 Å². The lowest BCUT2D eigenvalue weighted by atomic mass is 10.2. The zero-order valence-electron chi connectivity index (χ0n) is 10.1. The third-order valence-corrected chi connectivity index (χ3v) is 5.00. The molecule has 2 heterocycles. The summed E-state index contributed by atoms with van der Waals surface area (Å²) in [6.07, 6.45) is 0.816. The van der Waals surface area contributed by atoms with Gasteiger partial charge < -0.3 is 14.9 Å². The lowest BCUT2D eigenvalue weighted by Crippen LogP contribution is -2.36.